The summed E-state index contributed by atoms with van der Waals surface area (Å²) >= 11 is 0. The van der Waals surface area contributed by atoms with Gasteiger partial charge in [-0.2, -0.15) is 0 Å². The van der Waals surface area contributed by atoms with Gasteiger partial charge >= 0.3 is 11.9 Å². The van der Waals surface area contributed by atoms with Gasteiger partial charge in [0.05, 0.1) is 0 Å². The molecule has 0 bridgehead atoms. The minimum absolute atomic E-state index is 0.0310. The third-order valence-corrected chi connectivity index (χ3v) is 2.58. The number of para-hydroxylation sites is 1. The van der Waals surface area contributed by atoms with E-state index in [1.165, 1.54) is 13.0 Å². The molecule has 0 aromatic heterocycles. The fraction of sp³-hybridized carbons (Fsp3) is 0.0667. The molecule has 4 nitrogen and oxygen atoms in total. The van der Waals surface area contributed by atoms with Crippen LogP contribution in [0.3, 0.4) is 0 Å². The summed E-state index contributed by atoms with van der Waals surface area (Å²) in [5.74, 6) is -1.60. The lowest BCUT2D eigenvalue weighted by molar-refractivity contribution is -0.131. The molecule has 0 spiro atoms. The Kier molecular flexibility index (Phi) is 3.61. The maximum absolute atomic E-state index is 11.2. The van der Waals surface area contributed by atoms with Gasteiger partial charge in [-0.15, -0.1) is 0 Å². The smallest absolute Gasteiger partial charge is 0.339 e. The fourth-order valence-electron chi connectivity index (χ4n) is 1.80. The Morgan fingerprint density at radius 1 is 1.00 bits per heavy atom. The second-order valence-corrected chi connectivity index (χ2v) is 3.95. The molecule has 2 aromatic carbocycles. The van der Waals surface area contributed by atoms with E-state index >= 15 is 0 Å². The lowest BCUT2D eigenvalue weighted by Crippen LogP contribution is -2.08. The predicted octanol–water partition coefficient (Wildman–Crippen LogP) is 2.98. The van der Waals surface area contributed by atoms with Crippen molar-refractivity contribution in [2.75, 3.05) is 0 Å². The summed E-state index contributed by atoms with van der Waals surface area (Å²) in [5.41, 5.74) is 1.34. The Labute approximate surface area is 110 Å². The third kappa shape index (κ3) is 2.80. The van der Waals surface area contributed by atoms with Crippen LogP contribution in [-0.2, 0) is 4.79 Å². The first kappa shape index (κ1) is 12.8. The molecule has 0 heterocycles. The Balaban J connectivity index is 2.63. The first-order chi connectivity index (χ1) is 9.09. The second kappa shape index (κ2) is 5.35. The number of aromatic carboxylic acids is 1. The third-order valence-electron chi connectivity index (χ3n) is 2.58. The van der Waals surface area contributed by atoms with Crippen LogP contribution in [-0.4, -0.2) is 17.0 Å². The van der Waals surface area contributed by atoms with Gasteiger partial charge in [0.2, 0.25) is 0 Å². The van der Waals surface area contributed by atoms with Gasteiger partial charge in [0.25, 0.3) is 0 Å². The summed E-state index contributed by atoms with van der Waals surface area (Å²) in [6.07, 6.45) is 0. The molecular weight excluding hydrogens is 244 g/mol. The molecule has 0 unspecified atom stereocenters. The first-order valence-electron chi connectivity index (χ1n) is 5.69. The van der Waals surface area contributed by atoms with Crippen LogP contribution in [0.1, 0.15) is 17.3 Å². The van der Waals surface area contributed by atoms with Crippen molar-refractivity contribution in [1.29, 1.82) is 0 Å². The topological polar surface area (TPSA) is 63.6 Å². The van der Waals surface area contributed by atoms with Crippen LogP contribution in [0, 0.1) is 0 Å². The van der Waals surface area contributed by atoms with Gasteiger partial charge in [-0.25, -0.2) is 4.79 Å². The molecule has 1 N–H and O–H groups in total. The molecule has 0 aliphatic carbocycles. The molecule has 0 aliphatic heterocycles. The van der Waals surface area contributed by atoms with Crippen molar-refractivity contribution in [3.05, 3.63) is 54.1 Å². The standard InChI is InChI=1S/C15H12O4/c1-10(16)19-14-12(11-6-3-2-4-7-11)8-5-9-13(14)15(17)18/h2-9H,1H3,(H,17,18). The van der Waals surface area contributed by atoms with E-state index in [1.54, 1.807) is 12.1 Å². The van der Waals surface area contributed by atoms with Gasteiger partial charge in [0.15, 0.2) is 5.75 Å². The van der Waals surface area contributed by atoms with Crippen molar-refractivity contribution in [1.82, 2.24) is 0 Å². The monoisotopic (exact) mass is 256 g/mol. The van der Waals surface area contributed by atoms with E-state index < -0.39 is 11.9 Å². The summed E-state index contributed by atoms with van der Waals surface area (Å²) in [5, 5.41) is 9.16. The van der Waals surface area contributed by atoms with Crippen molar-refractivity contribution in [2.45, 2.75) is 6.92 Å². The lowest BCUT2D eigenvalue weighted by atomic mass is 10.0. The van der Waals surface area contributed by atoms with Crippen molar-refractivity contribution in [3.8, 4) is 16.9 Å². The molecule has 96 valence electrons. The number of benzene rings is 2. The largest absolute Gasteiger partial charge is 0.478 e. The molecule has 2 rings (SSSR count). The number of carbonyl (C=O) groups is 2. The zero-order chi connectivity index (χ0) is 13.8. The van der Waals surface area contributed by atoms with E-state index in [4.69, 9.17) is 9.84 Å². The van der Waals surface area contributed by atoms with Crippen LogP contribution in [0.15, 0.2) is 48.5 Å². The highest BCUT2D eigenvalue weighted by Gasteiger charge is 2.17. The molecule has 0 atom stereocenters. The van der Waals surface area contributed by atoms with E-state index in [2.05, 4.69) is 0 Å². The molecule has 0 aliphatic rings. The Morgan fingerprint density at radius 3 is 2.26 bits per heavy atom. The molecule has 0 saturated carbocycles. The molecule has 19 heavy (non-hydrogen) atoms. The lowest BCUT2D eigenvalue weighted by Gasteiger charge is -2.11. The van der Waals surface area contributed by atoms with Gasteiger partial charge < -0.3 is 9.84 Å². The number of hydrogen-bond acceptors (Lipinski definition) is 3. The highest BCUT2D eigenvalue weighted by atomic mass is 16.5. The molecule has 0 fully saturated rings. The van der Waals surface area contributed by atoms with E-state index in [-0.39, 0.29) is 11.3 Å². The van der Waals surface area contributed by atoms with Crippen LogP contribution < -0.4 is 4.74 Å². The highest BCUT2D eigenvalue weighted by Crippen LogP contribution is 2.33. The Morgan fingerprint density at radius 2 is 1.68 bits per heavy atom. The average molecular weight is 256 g/mol. The molecular formula is C15H12O4. The van der Waals surface area contributed by atoms with Gasteiger partial charge in [-0.05, 0) is 11.6 Å². The molecule has 0 saturated heterocycles. The van der Waals surface area contributed by atoms with E-state index in [0.717, 1.165) is 5.56 Å². The number of carboxylic acid groups (broad SMARTS) is 1. The number of hydrogen-bond donors (Lipinski definition) is 1. The average Bonchev–Trinajstić information content (AvgIpc) is 2.39. The highest BCUT2D eigenvalue weighted by molar-refractivity contribution is 5.95. The van der Waals surface area contributed by atoms with E-state index in [9.17, 15) is 9.59 Å². The SMILES string of the molecule is CC(=O)Oc1c(C(=O)O)cccc1-c1ccccc1. The number of carboxylic acids is 1. The fourth-order valence-corrected chi connectivity index (χ4v) is 1.80. The van der Waals surface area contributed by atoms with Crippen LogP contribution in [0.4, 0.5) is 0 Å². The summed E-state index contributed by atoms with van der Waals surface area (Å²) in [6.45, 7) is 1.24. The van der Waals surface area contributed by atoms with Gasteiger partial charge in [0, 0.05) is 12.5 Å². The maximum atomic E-state index is 11.2. The zero-order valence-corrected chi connectivity index (χ0v) is 10.3. The summed E-state index contributed by atoms with van der Waals surface area (Å²) in [6, 6.07) is 13.9. The predicted molar refractivity (Wildman–Crippen MR) is 70.1 cm³/mol. The number of esters is 1. The van der Waals surface area contributed by atoms with Crippen LogP contribution in [0.2, 0.25) is 0 Å². The molecule has 0 amide bonds. The first-order valence-corrected chi connectivity index (χ1v) is 5.69. The van der Waals surface area contributed by atoms with Crippen molar-refractivity contribution in [2.24, 2.45) is 0 Å². The van der Waals surface area contributed by atoms with Crippen molar-refractivity contribution in [3.63, 3.8) is 0 Å². The number of ether oxygens (including phenoxy) is 1. The summed E-state index contributed by atoms with van der Waals surface area (Å²) in [4.78, 5) is 22.4. The Hall–Kier alpha value is -2.62. The van der Waals surface area contributed by atoms with Gasteiger partial charge in [0.1, 0.15) is 5.56 Å². The Bertz CT molecular complexity index is 617. The van der Waals surface area contributed by atoms with E-state index in [1.807, 2.05) is 30.3 Å². The van der Waals surface area contributed by atoms with Crippen LogP contribution in [0.25, 0.3) is 11.1 Å². The molecule has 4 heteroatoms. The summed E-state index contributed by atoms with van der Waals surface area (Å²) in [7, 11) is 0. The minimum Gasteiger partial charge on any atom is -0.478 e. The van der Waals surface area contributed by atoms with Gasteiger partial charge in [-0.3, -0.25) is 4.79 Å². The maximum Gasteiger partial charge on any atom is 0.339 e. The second-order valence-electron chi connectivity index (χ2n) is 3.95. The number of rotatable bonds is 3. The van der Waals surface area contributed by atoms with Crippen molar-refractivity contribution >= 4 is 11.9 Å². The minimum atomic E-state index is -1.13. The molecule has 0 radical (unpaired) electrons. The van der Waals surface area contributed by atoms with Crippen LogP contribution in [0.5, 0.6) is 5.75 Å². The summed E-state index contributed by atoms with van der Waals surface area (Å²) < 4.78 is 5.07. The number of carbonyl (C=O) groups excluding carboxylic acids is 1. The zero-order valence-electron chi connectivity index (χ0n) is 10.3. The van der Waals surface area contributed by atoms with Crippen molar-refractivity contribution < 1.29 is 19.4 Å². The van der Waals surface area contributed by atoms with Gasteiger partial charge in [-0.1, -0.05) is 42.5 Å². The normalized spacial score (nSPS) is 9.95. The quantitative estimate of drug-likeness (QED) is 0.677. The molecule has 2 aromatic rings. The van der Waals surface area contributed by atoms with Crippen LogP contribution >= 0.6 is 0 Å². The van der Waals surface area contributed by atoms with E-state index in [0.29, 0.717) is 5.56 Å².